The van der Waals surface area contributed by atoms with Gasteiger partial charge in [0.05, 0.1) is 11.7 Å². The Hall–Kier alpha value is -1.18. The molecular weight excluding hydrogens is 198 g/mol. The zero-order chi connectivity index (χ0) is 11.8. The van der Waals surface area contributed by atoms with Gasteiger partial charge in [-0.2, -0.15) is 0 Å². The van der Waals surface area contributed by atoms with Crippen molar-refractivity contribution in [1.29, 1.82) is 0 Å². The summed E-state index contributed by atoms with van der Waals surface area (Å²) in [6.45, 7) is 9.64. The standard InChI is InChI=1S/C14H21NO/c1-5-10-6-7-12-11(8-10)15-13(9-16-12)14(2,3)4/h6-8,13,15H,5,9H2,1-4H3. The predicted molar refractivity (Wildman–Crippen MR) is 68.2 cm³/mol. The highest BCUT2D eigenvalue weighted by Crippen LogP contribution is 2.34. The number of anilines is 1. The fraction of sp³-hybridized carbons (Fsp3) is 0.571. The van der Waals surface area contributed by atoms with Crippen LogP contribution in [0.4, 0.5) is 5.69 Å². The molecule has 1 aliphatic heterocycles. The number of fused-ring (bicyclic) bond motifs is 1. The number of benzene rings is 1. The lowest BCUT2D eigenvalue weighted by Crippen LogP contribution is -2.41. The summed E-state index contributed by atoms with van der Waals surface area (Å²) in [5, 5.41) is 3.59. The van der Waals surface area contributed by atoms with Crippen molar-refractivity contribution in [2.75, 3.05) is 11.9 Å². The van der Waals surface area contributed by atoms with E-state index in [-0.39, 0.29) is 5.41 Å². The smallest absolute Gasteiger partial charge is 0.142 e. The van der Waals surface area contributed by atoms with E-state index in [2.05, 4.69) is 51.2 Å². The summed E-state index contributed by atoms with van der Waals surface area (Å²) >= 11 is 0. The highest BCUT2D eigenvalue weighted by Gasteiger charge is 2.29. The zero-order valence-electron chi connectivity index (χ0n) is 10.6. The van der Waals surface area contributed by atoms with Crippen molar-refractivity contribution in [3.05, 3.63) is 23.8 Å². The first kappa shape index (κ1) is 11.3. The molecule has 16 heavy (non-hydrogen) atoms. The van der Waals surface area contributed by atoms with Gasteiger partial charge in [-0.05, 0) is 29.5 Å². The molecule has 0 saturated heterocycles. The van der Waals surface area contributed by atoms with E-state index < -0.39 is 0 Å². The van der Waals surface area contributed by atoms with Gasteiger partial charge in [-0.3, -0.25) is 0 Å². The van der Waals surface area contributed by atoms with Gasteiger partial charge < -0.3 is 10.1 Å². The average Bonchev–Trinajstić information content (AvgIpc) is 2.26. The summed E-state index contributed by atoms with van der Waals surface area (Å²) in [5.74, 6) is 0.984. The molecule has 0 bridgehead atoms. The van der Waals surface area contributed by atoms with Gasteiger partial charge in [-0.1, -0.05) is 33.8 Å². The highest BCUT2D eigenvalue weighted by atomic mass is 16.5. The van der Waals surface area contributed by atoms with Crippen LogP contribution in [0.3, 0.4) is 0 Å². The molecule has 1 aromatic carbocycles. The molecule has 1 heterocycles. The van der Waals surface area contributed by atoms with Crippen molar-refractivity contribution in [3.63, 3.8) is 0 Å². The molecule has 0 aromatic heterocycles. The molecule has 88 valence electrons. The first-order valence-electron chi connectivity index (χ1n) is 6.03. The topological polar surface area (TPSA) is 21.3 Å². The fourth-order valence-corrected chi connectivity index (χ4v) is 1.90. The summed E-state index contributed by atoms with van der Waals surface area (Å²) in [4.78, 5) is 0. The molecule has 1 aliphatic rings. The molecule has 2 heteroatoms. The lowest BCUT2D eigenvalue weighted by atomic mass is 9.86. The van der Waals surface area contributed by atoms with E-state index >= 15 is 0 Å². The Morgan fingerprint density at radius 3 is 2.75 bits per heavy atom. The Kier molecular flexibility index (Phi) is 2.83. The molecule has 0 fully saturated rings. The van der Waals surface area contributed by atoms with E-state index in [0.29, 0.717) is 6.04 Å². The average molecular weight is 219 g/mol. The van der Waals surface area contributed by atoms with Crippen molar-refractivity contribution < 1.29 is 4.74 Å². The van der Waals surface area contributed by atoms with E-state index in [4.69, 9.17) is 4.74 Å². The summed E-state index contributed by atoms with van der Waals surface area (Å²) < 4.78 is 5.80. The Bertz CT molecular complexity index is 379. The van der Waals surface area contributed by atoms with Gasteiger partial charge in [-0.25, -0.2) is 0 Å². The maximum Gasteiger partial charge on any atom is 0.142 e. The van der Waals surface area contributed by atoms with E-state index in [9.17, 15) is 0 Å². The predicted octanol–water partition coefficient (Wildman–Crippen LogP) is 3.47. The summed E-state index contributed by atoms with van der Waals surface area (Å²) in [6.07, 6.45) is 1.06. The lowest BCUT2D eigenvalue weighted by molar-refractivity contribution is 0.207. The zero-order valence-corrected chi connectivity index (χ0v) is 10.6. The van der Waals surface area contributed by atoms with Crippen molar-refractivity contribution in [2.24, 2.45) is 5.41 Å². The van der Waals surface area contributed by atoms with Gasteiger partial charge in [0.2, 0.25) is 0 Å². The Balaban J connectivity index is 2.25. The number of ether oxygens (including phenoxy) is 1. The summed E-state index contributed by atoms with van der Waals surface area (Å²) in [5.41, 5.74) is 2.72. The number of rotatable bonds is 1. The minimum Gasteiger partial charge on any atom is -0.489 e. The second-order valence-electron chi connectivity index (χ2n) is 5.56. The largest absolute Gasteiger partial charge is 0.489 e. The van der Waals surface area contributed by atoms with Gasteiger partial charge in [0.25, 0.3) is 0 Å². The second kappa shape index (κ2) is 4.00. The maximum atomic E-state index is 5.80. The lowest BCUT2D eigenvalue weighted by Gasteiger charge is -2.36. The third-order valence-corrected chi connectivity index (χ3v) is 3.23. The van der Waals surface area contributed by atoms with Crippen molar-refractivity contribution >= 4 is 5.69 Å². The third kappa shape index (κ3) is 2.16. The minimum atomic E-state index is 0.222. The van der Waals surface area contributed by atoms with Gasteiger partial charge in [-0.15, -0.1) is 0 Å². The fourth-order valence-electron chi connectivity index (χ4n) is 1.90. The van der Waals surface area contributed by atoms with Gasteiger partial charge >= 0.3 is 0 Å². The third-order valence-electron chi connectivity index (χ3n) is 3.23. The van der Waals surface area contributed by atoms with Crippen molar-refractivity contribution in [2.45, 2.75) is 40.2 Å². The van der Waals surface area contributed by atoms with Crippen LogP contribution in [0.5, 0.6) is 5.75 Å². The van der Waals surface area contributed by atoms with Crippen LogP contribution in [-0.2, 0) is 6.42 Å². The van der Waals surface area contributed by atoms with Crippen molar-refractivity contribution in [3.8, 4) is 5.75 Å². The number of hydrogen-bond donors (Lipinski definition) is 1. The van der Waals surface area contributed by atoms with E-state index in [1.165, 1.54) is 5.56 Å². The molecule has 1 atom stereocenters. The quantitative estimate of drug-likeness (QED) is 0.781. The van der Waals surface area contributed by atoms with Crippen LogP contribution in [0.15, 0.2) is 18.2 Å². The van der Waals surface area contributed by atoms with Crippen LogP contribution in [0.25, 0.3) is 0 Å². The van der Waals surface area contributed by atoms with Gasteiger partial charge in [0.15, 0.2) is 0 Å². The highest BCUT2D eigenvalue weighted by molar-refractivity contribution is 5.60. The minimum absolute atomic E-state index is 0.222. The van der Waals surface area contributed by atoms with Crippen LogP contribution in [0, 0.1) is 5.41 Å². The molecule has 1 unspecified atom stereocenters. The van der Waals surface area contributed by atoms with Crippen LogP contribution in [0.1, 0.15) is 33.3 Å². The monoisotopic (exact) mass is 219 g/mol. The molecule has 0 amide bonds. The Labute approximate surface area is 98.0 Å². The number of nitrogens with one attached hydrogen (secondary N) is 1. The Morgan fingerprint density at radius 2 is 2.12 bits per heavy atom. The first-order valence-corrected chi connectivity index (χ1v) is 6.03. The second-order valence-corrected chi connectivity index (χ2v) is 5.56. The molecule has 1 N–H and O–H groups in total. The summed E-state index contributed by atoms with van der Waals surface area (Å²) in [7, 11) is 0. The van der Waals surface area contributed by atoms with Crippen LogP contribution >= 0.6 is 0 Å². The molecular formula is C14H21NO. The van der Waals surface area contributed by atoms with Crippen LogP contribution in [0.2, 0.25) is 0 Å². The Morgan fingerprint density at radius 1 is 1.38 bits per heavy atom. The van der Waals surface area contributed by atoms with E-state index in [1.54, 1.807) is 0 Å². The van der Waals surface area contributed by atoms with Crippen LogP contribution in [-0.4, -0.2) is 12.6 Å². The first-order chi connectivity index (χ1) is 7.50. The molecule has 0 aliphatic carbocycles. The number of aryl methyl sites for hydroxylation is 1. The van der Waals surface area contributed by atoms with Crippen molar-refractivity contribution in [1.82, 2.24) is 0 Å². The molecule has 0 spiro atoms. The normalized spacial score (nSPS) is 19.6. The molecule has 0 saturated carbocycles. The SMILES string of the molecule is CCc1ccc2c(c1)NC(C(C)(C)C)CO2. The molecule has 1 aromatic rings. The summed E-state index contributed by atoms with van der Waals surface area (Å²) in [6, 6.07) is 6.79. The van der Waals surface area contributed by atoms with Gasteiger partial charge in [0.1, 0.15) is 12.4 Å². The number of hydrogen-bond acceptors (Lipinski definition) is 2. The van der Waals surface area contributed by atoms with E-state index in [1.807, 2.05) is 0 Å². The van der Waals surface area contributed by atoms with E-state index in [0.717, 1.165) is 24.5 Å². The van der Waals surface area contributed by atoms with Crippen LogP contribution < -0.4 is 10.1 Å². The maximum absolute atomic E-state index is 5.80. The molecule has 0 radical (unpaired) electrons. The van der Waals surface area contributed by atoms with Gasteiger partial charge in [0, 0.05) is 0 Å². The molecule has 2 rings (SSSR count). The molecule has 2 nitrogen and oxygen atoms in total.